The van der Waals surface area contributed by atoms with E-state index in [-0.39, 0.29) is 12.4 Å². The molecule has 0 saturated carbocycles. The lowest BCUT2D eigenvalue weighted by molar-refractivity contribution is 0.0987. The maximum atomic E-state index is 11.6. The summed E-state index contributed by atoms with van der Waals surface area (Å²) in [6.45, 7) is 11.4. The lowest BCUT2D eigenvalue weighted by Crippen LogP contribution is -2.20. The summed E-state index contributed by atoms with van der Waals surface area (Å²) < 4.78 is 7.87. The van der Waals surface area contributed by atoms with E-state index in [9.17, 15) is 9.90 Å². The molecule has 0 spiro atoms. The standard InChI is InChI=1S/C21H30N2O3S/c1-6-20(25)17-7-9-19(10-8-17)26-12-18(24)13-27-21-22-15(4)16(5)23(21)11-14(2)3/h7-10,14,18,24H,6,11-13H2,1-5H3. The molecule has 1 aromatic heterocycles. The second kappa shape index (κ2) is 9.95. The lowest BCUT2D eigenvalue weighted by atomic mass is 10.1. The molecule has 2 rings (SSSR count). The third kappa shape index (κ3) is 6.11. The quantitative estimate of drug-likeness (QED) is 0.484. The van der Waals surface area contributed by atoms with Crippen LogP contribution in [0, 0.1) is 19.8 Å². The van der Waals surface area contributed by atoms with Gasteiger partial charge in [-0.15, -0.1) is 0 Å². The molecule has 5 nitrogen and oxygen atoms in total. The largest absolute Gasteiger partial charge is 0.491 e. The van der Waals surface area contributed by atoms with Gasteiger partial charge in [0, 0.05) is 30.0 Å². The molecule has 1 aromatic carbocycles. The van der Waals surface area contributed by atoms with Crippen LogP contribution in [0.15, 0.2) is 29.4 Å². The van der Waals surface area contributed by atoms with Crippen LogP contribution in [0.25, 0.3) is 0 Å². The van der Waals surface area contributed by atoms with Crippen molar-refractivity contribution in [2.45, 2.75) is 58.8 Å². The van der Waals surface area contributed by atoms with Crippen molar-refractivity contribution in [1.29, 1.82) is 0 Å². The molecule has 0 fully saturated rings. The number of ketones is 1. The smallest absolute Gasteiger partial charge is 0.168 e. The van der Waals surface area contributed by atoms with Crippen LogP contribution in [0.5, 0.6) is 5.75 Å². The molecule has 1 N–H and O–H groups in total. The fraction of sp³-hybridized carbons (Fsp3) is 0.524. The number of aliphatic hydroxyl groups is 1. The van der Waals surface area contributed by atoms with Crippen molar-refractivity contribution in [2.75, 3.05) is 12.4 Å². The Labute approximate surface area is 166 Å². The average molecular weight is 391 g/mol. The summed E-state index contributed by atoms with van der Waals surface area (Å²) in [5.41, 5.74) is 2.90. The van der Waals surface area contributed by atoms with Gasteiger partial charge in [0.25, 0.3) is 0 Å². The van der Waals surface area contributed by atoms with Crippen LogP contribution in [0.1, 0.15) is 48.9 Å². The van der Waals surface area contributed by atoms with Crippen LogP contribution < -0.4 is 4.74 Å². The van der Waals surface area contributed by atoms with E-state index < -0.39 is 6.10 Å². The summed E-state index contributed by atoms with van der Waals surface area (Å²) in [5, 5.41) is 11.2. The Kier molecular flexibility index (Phi) is 7.92. The van der Waals surface area contributed by atoms with Gasteiger partial charge >= 0.3 is 0 Å². The molecule has 0 bridgehead atoms. The molecular formula is C21H30N2O3S. The molecule has 0 saturated heterocycles. The minimum Gasteiger partial charge on any atom is -0.491 e. The molecular weight excluding hydrogens is 360 g/mol. The number of hydrogen-bond donors (Lipinski definition) is 1. The Hall–Kier alpha value is -1.79. The number of rotatable bonds is 10. The molecule has 0 aliphatic rings. The number of thioether (sulfide) groups is 1. The molecule has 1 atom stereocenters. The first-order chi connectivity index (χ1) is 12.8. The van der Waals surface area contributed by atoms with Gasteiger partial charge in [-0.05, 0) is 44.0 Å². The first-order valence-electron chi connectivity index (χ1n) is 9.42. The van der Waals surface area contributed by atoms with Crippen molar-refractivity contribution < 1.29 is 14.6 Å². The van der Waals surface area contributed by atoms with Gasteiger partial charge in [0.2, 0.25) is 0 Å². The Morgan fingerprint density at radius 1 is 1.26 bits per heavy atom. The Morgan fingerprint density at radius 3 is 2.52 bits per heavy atom. The van der Waals surface area contributed by atoms with E-state index in [1.54, 1.807) is 36.0 Å². The van der Waals surface area contributed by atoms with Crippen molar-refractivity contribution in [2.24, 2.45) is 5.92 Å². The number of hydrogen-bond acceptors (Lipinski definition) is 5. The summed E-state index contributed by atoms with van der Waals surface area (Å²) in [5.74, 6) is 1.81. The SMILES string of the molecule is CCC(=O)c1ccc(OCC(O)CSc2nc(C)c(C)n2CC(C)C)cc1. The van der Waals surface area contributed by atoms with Gasteiger partial charge in [-0.1, -0.05) is 32.5 Å². The summed E-state index contributed by atoms with van der Waals surface area (Å²) in [4.78, 5) is 16.3. The minimum atomic E-state index is -0.600. The van der Waals surface area contributed by atoms with Gasteiger partial charge < -0.3 is 14.4 Å². The number of carbonyl (C=O) groups is 1. The first kappa shape index (κ1) is 21.5. The zero-order chi connectivity index (χ0) is 20.0. The van der Waals surface area contributed by atoms with Crippen LogP contribution in [0.3, 0.4) is 0 Å². The highest BCUT2D eigenvalue weighted by molar-refractivity contribution is 7.99. The summed E-state index contributed by atoms with van der Waals surface area (Å²) >= 11 is 1.55. The molecule has 2 aromatic rings. The lowest BCUT2D eigenvalue weighted by Gasteiger charge is -2.14. The Bertz CT molecular complexity index is 754. The van der Waals surface area contributed by atoms with Crippen molar-refractivity contribution in [3.8, 4) is 5.75 Å². The number of nitrogens with zero attached hydrogens (tertiary/aromatic N) is 2. The maximum absolute atomic E-state index is 11.6. The second-order valence-corrected chi connectivity index (χ2v) is 8.13. The topological polar surface area (TPSA) is 64.3 Å². The van der Waals surface area contributed by atoms with E-state index >= 15 is 0 Å². The van der Waals surface area contributed by atoms with E-state index in [4.69, 9.17) is 4.74 Å². The van der Waals surface area contributed by atoms with Gasteiger partial charge in [-0.25, -0.2) is 4.98 Å². The van der Waals surface area contributed by atoms with E-state index in [0.29, 0.717) is 29.4 Å². The highest BCUT2D eigenvalue weighted by Gasteiger charge is 2.15. The number of ether oxygens (including phenoxy) is 1. The first-order valence-corrected chi connectivity index (χ1v) is 10.4. The van der Waals surface area contributed by atoms with Crippen LogP contribution in [-0.2, 0) is 6.54 Å². The number of carbonyl (C=O) groups excluding carboxylic acids is 1. The van der Waals surface area contributed by atoms with Crippen LogP contribution in [-0.4, -0.2) is 38.9 Å². The van der Waals surface area contributed by atoms with E-state index in [0.717, 1.165) is 17.4 Å². The third-order valence-electron chi connectivity index (χ3n) is 4.32. The maximum Gasteiger partial charge on any atom is 0.168 e. The summed E-state index contributed by atoms with van der Waals surface area (Å²) in [6, 6.07) is 7.06. The average Bonchev–Trinajstić information content (AvgIpc) is 2.91. The zero-order valence-corrected chi connectivity index (χ0v) is 17.7. The van der Waals surface area contributed by atoms with Gasteiger partial charge in [0.05, 0.1) is 11.8 Å². The fourth-order valence-corrected chi connectivity index (χ4v) is 3.67. The summed E-state index contributed by atoms with van der Waals surface area (Å²) in [6.07, 6.45) is -0.112. The van der Waals surface area contributed by atoms with Crippen LogP contribution in [0.4, 0.5) is 0 Å². The normalized spacial score (nSPS) is 12.4. The molecule has 6 heteroatoms. The molecule has 148 valence electrons. The number of benzene rings is 1. The van der Waals surface area contributed by atoms with E-state index in [1.807, 2.05) is 13.8 Å². The van der Waals surface area contributed by atoms with Gasteiger partial charge in [0.1, 0.15) is 12.4 Å². The highest BCUT2D eigenvalue weighted by Crippen LogP contribution is 2.23. The van der Waals surface area contributed by atoms with Crippen molar-refractivity contribution in [1.82, 2.24) is 9.55 Å². The van der Waals surface area contributed by atoms with E-state index in [2.05, 4.69) is 30.3 Å². The van der Waals surface area contributed by atoms with Gasteiger partial charge in [0.15, 0.2) is 10.9 Å². The number of aryl methyl sites for hydroxylation is 1. The fourth-order valence-electron chi connectivity index (χ4n) is 2.67. The third-order valence-corrected chi connectivity index (χ3v) is 5.44. The molecule has 1 heterocycles. The van der Waals surface area contributed by atoms with Gasteiger partial charge in [-0.3, -0.25) is 4.79 Å². The predicted octanol–water partition coefficient (Wildman–Crippen LogP) is 4.28. The predicted molar refractivity (Wildman–Crippen MR) is 110 cm³/mol. The molecule has 0 amide bonds. The number of aromatic nitrogens is 2. The summed E-state index contributed by atoms with van der Waals surface area (Å²) in [7, 11) is 0. The van der Waals surface area contributed by atoms with Gasteiger partial charge in [-0.2, -0.15) is 0 Å². The molecule has 0 aliphatic heterocycles. The molecule has 1 unspecified atom stereocenters. The Morgan fingerprint density at radius 2 is 1.93 bits per heavy atom. The highest BCUT2D eigenvalue weighted by atomic mass is 32.2. The monoisotopic (exact) mass is 390 g/mol. The van der Waals surface area contributed by atoms with Crippen LogP contribution >= 0.6 is 11.8 Å². The van der Waals surface area contributed by atoms with Crippen molar-refractivity contribution in [3.05, 3.63) is 41.2 Å². The Balaban J connectivity index is 1.87. The second-order valence-electron chi connectivity index (χ2n) is 7.15. The molecule has 27 heavy (non-hydrogen) atoms. The number of aliphatic hydroxyl groups excluding tert-OH is 1. The number of imidazole rings is 1. The van der Waals surface area contributed by atoms with Crippen molar-refractivity contribution >= 4 is 17.5 Å². The zero-order valence-electron chi connectivity index (χ0n) is 16.9. The number of Topliss-reactive ketones (excluding diaryl/α,β-unsaturated/α-hetero) is 1. The van der Waals surface area contributed by atoms with Crippen LogP contribution in [0.2, 0.25) is 0 Å². The molecule has 0 aliphatic carbocycles. The minimum absolute atomic E-state index is 0.112. The van der Waals surface area contributed by atoms with Crippen molar-refractivity contribution in [3.63, 3.8) is 0 Å². The molecule has 0 radical (unpaired) electrons. The van der Waals surface area contributed by atoms with E-state index in [1.165, 1.54) is 5.69 Å².